The Labute approximate surface area is 218 Å². The number of alkyl halides is 3. The van der Waals surface area contributed by atoms with Gasteiger partial charge in [0.1, 0.15) is 18.1 Å². The first kappa shape index (κ1) is 25.2. The monoisotopic (exact) mass is 575 g/mol. The van der Waals surface area contributed by atoms with Crippen LogP contribution >= 0.6 is 15.9 Å². The average molecular weight is 576 g/mol. The number of methoxy groups -OCH3 is 2. The van der Waals surface area contributed by atoms with Crippen molar-refractivity contribution in [2.24, 2.45) is 0 Å². The molecule has 0 saturated carbocycles. The first-order chi connectivity index (χ1) is 17.7. The molecule has 0 amide bonds. The molecule has 37 heavy (non-hydrogen) atoms. The fraction of sp³-hybridized carbons (Fsp3) is 0.222. The molecule has 10 heteroatoms. The van der Waals surface area contributed by atoms with Crippen molar-refractivity contribution < 1.29 is 31.8 Å². The van der Waals surface area contributed by atoms with Crippen LogP contribution in [0.1, 0.15) is 16.9 Å². The van der Waals surface area contributed by atoms with Crippen molar-refractivity contribution in [2.75, 3.05) is 21.0 Å². The number of benzene rings is 3. The van der Waals surface area contributed by atoms with Gasteiger partial charge >= 0.3 is 6.18 Å². The fourth-order valence-electron chi connectivity index (χ4n) is 4.43. The minimum absolute atomic E-state index is 0.0567. The summed E-state index contributed by atoms with van der Waals surface area (Å²) in [6, 6.07) is 14.6. The molecule has 1 aromatic heterocycles. The molecule has 192 valence electrons. The van der Waals surface area contributed by atoms with Crippen molar-refractivity contribution in [3.63, 3.8) is 0 Å². The molecule has 0 aliphatic carbocycles. The second-order valence-corrected chi connectivity index (χ2v) is 9.42. The highest BCUT2D eigenvalue weighted by Gasteiger charge is 2.40. The lowest BCUT2D eigenvalue weighted by Gasteiger charge is -2.29. The summed E-state index contributed by atoms with van der Waals surface area (Å²) in [4.78, 5) is 15.3. The Kier molecular flexibility index (Phi) is 6.63. The molecule has 0 spiro atoms. The normalized spacial score (nSPS) is 13.8. The van der Waals surface area contributed by atoms with Crippen LogP contribution in [0.25, 0.3) is 22.1 Å². The Morgan fingerprint density at radius 1 is 1.00 bits per heavy atom. The highest BCUT2D eigenvalue weighted by atomic mass is 79.9. The highest BCUT2D eigenvalue weighted by molar-refractivity contribution is 9.10. The molecule has 2 heterocycles. The van der Waals surface area contributed by atoms with Crippen LogP contribution in [0.2, 0.25) is 0 Å². The van der Waals surface area contributed by atoms with Crippen molar-refractivity contribution in [2.45, 2.75) is 19.3 Å². The average Bonchev–Trinajstić information content (AvgIpc) is 2.88. The van der Waals surface area contributed by atoms with Crippen LogP contribution in [-0.4, -0.2) is 25.9 Å². The van der Waals surface area contributed by atoms with Crippen LogP contribution in [0.5, 0.6) is 17.2 Å². The Morgan fingerprint density at radius 3 is 2.41 bits per heavy atom. The third kappa shape index (κ3) is 4.78. The lowest BCUT2D eigenvalue weighted by molar-refractivity contribution is -0.152. The van der Waals surface area contributed by atoms with Gasteiger partial charge in [-0.15, -0.1) is 0 Å². The van der Waals surface area contributed by atoms with Gasteiger partial charge in [-0.3, -0.25) is 9.69 Å². The van der Waals surface area contributed by atoms with E-state index in [0.29, 0.717) is 33.8 Å². The van der Waals surface area contributed by atoms with Gasteiger partial charge in [-0.25, -0.2) is 0 Å². The largest absolute Gasteiger partial charge is 0.493 e. The molecule has 1 aliphatic heterocycles. The van der Waals surface area contributed by atoms with E-state index in [1.807, 2.05) is 17.0 Å². The first-order valence-corrected chi connectivity index (χ1v) is 12.0. The summed E-state index contributed by atoms with van der Waals surface area (Å²) in [6.07, 6.45) is -4.88. The zero-order valence-corrected chi connectivity index (χ0v) is 21.4. The van der Waals surface area contributed by atoms with Gasteiger partial charge in [0.15, 0.2) is 11.5 Å². The third-order valence-electron chi connectivity index (χ3n) is 6.15. The van der Waals surface area contributed by atoms with Crippen molar-refractivity contribution >= 4 is 26.9 Å². The Morgan fingerprint density at radius 2 is 1.73 bits per heavy atom. The molecular formula is C27H21BrF3NO5. The van der Waals surface area contributed by atoms with Crippen LogP contribution in [0.4, 0.5) is 13.2 Å². The van der Waals surface area contributed by atoms with Gasteiger partial charge in [-0.2, -0.15) is 13.2 Å². The minimum atomic E-state index is -4.88. The van der Waals surface area contributed by atoms with Gasteiger partial charge in [0, 0.05) is 17.6 Å². The molecule has 0 N–H and O–H groups in total. The summed E-state index contributed by atoms with van der Waals surface area (Å²) in [5.41, 5.74) is -0.0147. The van der Waals surface area contributed by atoms with E-state index in [4.69, 9.17) is 18.6 Å². The second-order valence-electron chi connectivity index (χ2n) is 8.51. The van der Waals surface area contributed by atoms with Crippen molar-refractivity contribution in [1.29, 1.82) is 0 Å². The molecule has 0 saturated heterocycles. The summed E-state index contributed by atoms with van der Waals surface area (Å²) in [7, 11) is 3.08. The van der Waals surface area contributed by atoms with Crippen molar-refractivity contribution in [3.05, 3.63) is 86.2 Å². The van der Waals surface area contributed by atoms with E-state index in [0.717, 1.165) is 5.56 Å². The number of nitrogens with zero attached hydrogens (tertiary/aromatic N) is 1. The number of rotatable bonds is 5. The van der Waals surface area contributed by atoms with Gasteiger partial charge in [-0.05, 0) is 47.5 Å². The molecule has 0 atom stereocenters. The summed E-state index contributed by atoms with van der Waals surface area (Å²) in [5.74, 6) is 0.187. The Balaban J connectivity index is 1.58. The molecule has 3 aromatic carbocycles. The van der Waals surface area contributed by atoms with Gasteiger partial charge in [0.2, 0.25) is 11.2 Å². The number of hydrogen-bond donors (Lipinski definition) is 0. The predicted octanol–water partition coefficient (Wildman–Crippen LogP) is 6.61. The van der Waals surface area contributed by atoms with Gasteiger partial charge in [-0.1, -0.05) is 34.1 Å². The molecule has 5 rings (SSSR count). The van der Waals surface area contributed by atoms with Crippen LogP contribution < -0.4 is 19.6 Å². The van der Waals surface area contributed by atoms with Gasteiger partial charge in [0.05, 0.1) is 30.7 Å². The lowest BCUT2D eigenvalue weighted by atomic mass is 10.00. The molecule has 0 bridgehead atoms. The summed E-state index contributed by atoms with van der Waals surface area (Å²) < 4.78 is 65.1. The Hall–Kier alpha value is -3.50. The SMILES string of the molecule is COc1ccc(CN2COc3ccc4c(=O)c(-c5ccc(Br)cc5)c(C(F)(F)F)oc4c3C2)cc1OC. The lowest BCUT2D eigenvalue weighted by Crippen LogP contribution is -2.32. The van der Waals surface area contributed by atoms with E-state index >= 15 is 0 Å². The number of hydrogen-bond acceptors (Lipinski definition) is 6. The summed E-state index contributed by atoms with van der Waals surface area (Å²) >= 11 is 3.26. The Bertz CT molecular complexity index is 1530. The second kappa shape index (κ2) is 9.75. The molecule has 0 fully saturated rings. The quantitative estimate of drug-likeness (QED) is 0.267. The van der Waals surface area contributed by atoms with Crippen molar-refractivity contribution in [1.82, 2.24) is 4.90 Å². The molecule has 4 aromatic rings. The topological polar surface area (TPSA) is 61.1 Å². The molecular weight excluding hydrogens is 555 g/mol. The van der Waals surface area contributed by atoms with Crippen LogP contribution in [-0.2, 0) is 19.3 Å². The van der Waals surface area contributed by atoms with Crippen molar-refractivity contribution in [3.8, 4) is 28.4 Å². The van der Waals surface area contributed by atoms with Crippen LogP contribution in [0.15, 0.2) is 68.3 Å². The maximum Gasteiger partial charge on any atom is 0.450 e. The fourth-order valence-corrected chi connectivity index (χ4v) is 4.69. The number of fused-ring (bicyclic) bond motifs is 3. The molecule has 0 radical (unpaired) electrons. The maximum absolute atomic E-state index is 14.1. The van der Waals surface area contributed by atoms with Gasteiger partial charge < -0.3 is 18.6 Å². The van der Waals surface area contributed by atoms with E-state index in [-0.39, 0.29) is 29.8 Å². The van der Waals surface area contributed by atoms with Crippen LogP contribution in [0, 0.1) is 0 Å². The highest BCUT2D eigenvalue weighted by Crippen LogP contribution is 2.40. The standard InChI is InChI=1S/C27H21BrF3NO5/c1-34-21-9-3-15(11-22(21)35-2)12-32-13-19-20(36-14-32)10-8-18-24(33)23(16-4-6-17(28)7-5-16)26(27(29,30)31)37-25(18)19/h3-11H,12-14H2,1-2H3. The van der Waals surface area contributed by atoms with E-state index in [1.54, 1.807) is 31.4 Å². The zero-order chi connectivity index (χ0) is 26.3. The van der Waals surface area contributed by atoms with E-state index in [2.05, 4.69) is 15.9 Å². The molecule has 6 nitrogen and oxygen atoms in total. The smallest absolute Gasteiger partial charge is 0.450 e. The first-order valence-electron chi connectivity index (χ1n) is 11.2. The molecule has 1 aliphatic rings. The van der Waals surface area contributed by atoms with Gasteiger partial charge in [0.25, 0.3) is 0 Å². The van der Waals surface area contributed by atoms with E-state index < -0.39 is 22.9 Å². The molecule has 0 unspecified atom stereocenters. The third-order valence-corrected chi connectivity index (χ3v) is 6.68. The van der Waals surface area contributed by atoms with Crippen LogP contribution in [0.3, 0.4) is 0 Å². The summed E-state index contributed by atoms with van der Waals surface area (Å²) in [5, 5.41) is 0.0567. The number of ether oxygens (including phenoxy) is 3. The zero-order valence-electron chi connectivity index (χ0n) is 19.8. The predicted molar refractivity (Wildman–Crippen MR) is 135 cm³/mol. The number of halogens is 4. The summed E-state index contributed by atoms with van der Waals surface area (Å²) in [6.45, 7) is 0.850. The minimum Gasteiger partial charge on any atom is -0.493 e. The van der Waals surface area contributed by atoms with E-state index in [1.165, 1.54) is 25.3 Å². The van der Waals surface area contributed by atoms with E-state index in [9.17, 15) is 18.0 Å². The maximum atomic E-state index is 14.1.